The number of ether oxygens (including phenoxy) is 4. The molecule has 0 saturated carbocycles. The van der Waals surface area contributed by atoms with Crippen molar-refractivity contribution in [3.8, 4) is 23.0 Å². The van der Waals surface area contributed by atoms with E-state index in [9.17, 15) is 0 Å². The van der Waals surface area contributed by atoms with Crippen molar-refractivity contribution in [2.75, 3.05) is 39.8 Å². The first-order valence-electron chi connectivity index (χ1n) is 11.6. The Balaban J connectivity index is 1.67. The molecule has 1 aliphatic rings. The van der Waals surface area contributed by atoms with Crippen LogP contribution >= 0.6 is 12.2 Å². The van der Waals surface area contributed by atoms with Gasteiger partial charge in [0.25, 0.3) is 0 Å². The van der Waals surface area contributed by atoms with Crippen molar-refractivity contribution in [1.29, 1.82) is 0 Å². The summed E-state index contributed by atoms with van der Waals surface area (Å²) in [7, 11) is 4.95. The SMILES string of the molecule is COc1cc2c(cc1OC)[C@@H](COc1ccccc1OC)N(C(=S)Nc1ccc(C)cc1C)CC2. The molecule has 1 heterocycles. The molecule has 0 bridgehead atoms. The first kappa shape index (κ1) is 24.7. The number of para-hydroxylation sites is 2. The topological polar surface area (TPSA) is 52.2 Å². The Bertz CT molecular complexity index is 1210. The molecule has 3 aromatic carbocycles. The minimum atomic E-state index is -0.130. The molecule has 0 saturated heterocycles. The number of aryl methyl sites for hydroxylation is 2. The number of hydrogen-bond donors (Lipinski definition) is 1. The van der Waals surface area contributed by atoms with Crippen molar-refractivity contribution < 1.29 is 18.9 Å². The number of hydrogen-bond acceptors (Lipinski definition) is 5. The van der Waals surface area contributed by atoms with Crippen LogP contribution in [0.1, 0.15) is 28.3 Å². The monoisotopic (exact) mass is 492 g/mol. The average Bonchev–Trinajstić information content (AvgIpc) is 2.87. The molecule has 0 aliphatic carbocycles. The molecule has 0 unspecified atom stereocenters. The van der Waals surface area contributed by atoms with Gasteiger partial charge in [-0.3, -0.25) is 0 Å². The van der Waals surface area contributed by atoms with Crippen LogP contribution in [-0.2, 0) is 6.42 Å². The van der Waals surface area contributed by atoms with Gasteiger partial charge in [-0.05, 0) is 79.5 Å². The van der Waals surface area contributed by atoms with E-state index in [0.717, 1.165) is 35.5 Å². The lowest BCUT2D eigenvalue weighted by Crippen LogP contribution is -2.44. The number of methoxy groups -OCH3 is 3. The van der Waals surface area contributed by atoms with E-state index in [2.05, 4.69) is 48.3 Å². The first-order valence-corrected chi connectivity index (χ1v) is 12.0. The van der Waals surface area contributed by atoms with Crippen LogP contribution in [0.4, 0.5) is 5.69 Å². The quantitative estimate of drug-likeness (QED) is 0.424. The maximum Gasteiger partial charge on any atom is 0.174 e. The first-order chi connectivity index (χ1) is 16.9. The third-order valence-electron chi connectivity index (χ3n) is 6.35. The van der Waals surface area contributed by atoms with E-state index < -0.39 is 0 Å². The van der Waals surface area contributed by atoms with Gasteiger partial charge in [-0.2, -0.15) is 0 Å². The molecule has 7 heteroatoms. The highest BCUT2D eigenvalue weighted by atomic mass is 32.1. The summed E-state index contributed by atoms with van der Waals surface area (Å²) in [5, 5.41) is 4.12. The fourth-order valence-corrected chi connectivity index (χ4v) is 4.83. The number of fused-ring (bicyclic) bond motifs is 1. The maximum absolute atomic E-state index is 6.30. The summed E-state index contributed by atoms with van der Waals surface area (Å²) in [6, 6.07) is 17.9. The smallest absolute Gasteiger partial charge is 0.174 e. The van der Waals surface area contributed by atoms with E-state index in [0.29, 0.717) is 29.0 Å². The highest BCUT2D eigenvalue weighted by molar-refractivity contribution is 7.80. The van der Waals surface area contributed by atoms with Crippen molar-refractivity contribution in [3.63, 3.8) is 0 Å². The Morgan fingerprint density at radius 2 is 1.60 bits per heavy atom. The number of benzene rings is 3. The molecule has 184 valence electrons. The van der Waals surface area contributed by atoms with Crippen LogP contribution in [0.25, 0.3) is 0 Å². The van der Waals surface area contributed by atoms with Gasteiger partial charge in [-0.25, -0.2) is 0 Å². The van der Waals surface area contributed by atoms with Crippen LogP contribution in [-0.4, -0.2) is 44.5 Å². The van der Waals surface area contributed by atoms with Crippen molar-refractivity contribution >= 4 is 23.0 Å². The summed E-state index contributed by atoms with van der Waals surface area (Å²) >= 11 is 5.92. The second-order valence-corrected chi connectivity index (χ2v) is 8.96. The van der Waals surface area contributed by atoms with E-state index in [-0.39, 0.29) is 6.04 Å². The molecule has 4 rings (SSSR count). The second-order valence-electron chi connectivity index (χ2n) is 8.58. The van der Waals surface area contributed by atoms with Crippen LogP contribution in [0.5, 0.6) is 23.0 Å². The van der Waals surface area contributed by atoms with Gasteiger partial charge in [-0.1, -0.05) is 29.8 Å². The molecule has 0 amide bonds. The summed E-state index contributed by atoms with van der Waals surface area (Å²) in [5.41, 5.74) is 5.67. The predicted molar refractivity (Wildman–Crippen MR) is 143 cm³/mol. The molecule has 0 fully saturated rings. The average molecular weight is 493 g/mol. The number of thiocarbonyl (C=S) groups is 1. The summed E-state index contributed by atoms with van der Waals surface area (Å²) < 4.78 is 22.9. The van der Waals surface area contributed by atoms with Crippen LogP contribution in [0.15, 0.2) is 54.6 Å². The van der Waals surface area contributed by atoms with Crippen LogP contribution < -0.4 is 24.3 Å². The maximum atomic E-state index is 6.30. The minimum absolute atomic E-state index is 0.130. The highest BCUT2D eigenvalue weighted by Gasteiger charge is 2.32. The lowest BCUT2D eigenvalue weighted by Gasteiger charge is -2.39. The molecule has 0 spiro atoms. The van der Waals surface area contributed by atoms with E-state index in [4.69, 9.17) is 31.2 Å². The van der Waals surface area contributed by atoms with E-state index in [1.54, 1.807) is 21.3 Å². The Morgan fingerprint density at radius 3 is 2.29 bits per heavy atom. The van der Waals surface area contributed by atoms with Crippen molar-refractivity contribution in [3.05, 3.63) is 76.9 Å². The largest absolute Gasteiger partial charge is 0.493 e. The molecule has 1 atom stereocenters. The van der Waals surface area contributed by atoms with Crippen LogP contribution in [0, 0.1) is 13.8 Å². The van der Waals surface area contributed by atoms with E-state index in [1.165, 1.54) is 11.1 Å². The van der Waals surface area contributed by atoms with Gasteiger partial charge in [0.05, 0.1) is 27.4 Å². The van der Waals surface area contributed by atoms with Crippen molar-refractivity contribution in [1.82, 2.24) is 4.90 Å². The second kappa shape index (κ2) is 10.9. The molecule has 1 aliphatic heterocycles. The fraction of sp³-hybridized carbons (Fsp3) is 0.321. The summed E-state index contributed by atoms with van der Waals surface area (Å²) in [4.78, 5) is 2.19. The summed E-state index contributed by atoms with van der Waals surface area (Å²) in [5.74, 6) is 2.79. The minimum Gasteiger partial charge on any atom is -0.493 e. The predicted octanol–water partition coefficient (Wildman–Crippen LogP) is 5.70. The molecule has 0 aromatic heterocycles. The molecule has 35 heavy (non-hydrogen) atoms. The molecule has 6 nitrogen and oxygen atoms in total. The van der Waals surface area contributed by atoms with Gasteiger partial charge in [0, 0.05) is 12.2 Å². The standard InChI is InChI=1S/C28H32N2O4S/c1-18-10-11-22(19(2)14-18)29-28(35)30-13-12-20-15-26(32-4)27(33-5)16-21(20)23(30)17-34-25-9-7-6-8-24(25)31-3/h6-11,14-16,23H,12-13,17H2,1-5H3,(H,29,35)/t23-/m1/s1. The third kappa shape index (κ3) is 5.30. The van der Waals surface area contributed by atoms with E-state index in [1.807, 2.05) is 30.3 Å². The number of rotatable bonds is 7. The Labute approximate surface area is 212 Å². The van der Waals surface area contributed by atoms with Crippen LogP contribution in [0.3, 0.4) is 0 Å². The summed E-state index contributed by atoms with van der Waals surface area (Å²) in [6.07, 6.45) is 0.829. The number of nitrogens with one attached hydrogen (secondary N) is 1. The Kier molecular flexibility index (Phi) is 7.66. The van der Waals surface area contributed by atoms with E-state index >= 15 is 0 Å². The van der Waals surface area contributed by atoms with Gasteiger partial charge >= 0.3 is 0 Å². The number of nitrogens with zero attached hydrogens (tertiary/aromatic N) is 1. The highest BCUT2D eigenvalue weighted by Crippen LogP contribution is 2.39. The van der Waals surface area contributed by atoms with Gasteiger partial charge < -0.3 is 29.2 Å². The van der Waals surface area contributed by atoms with Gasteiger partial charge in [-0.15, -0.1) is 0 Å². The molecular formula is C28H32N2O4S. The Hall–Kier alpha value is -3.45. The molecule has 3 aromatic rings. The third-order valence-corrected chi connectivity index (χ3v) is 6.69. The molecule has 0 radical (unpaired) electrons. The zero-order chi connectivity index (χ0) is 24.9. The van der Waals surface area contributed by atoms with Gasteiger partial charge in [0.15, 0.2) is 28.1 Å². The van der Waals surface area contributed by atoms with Crippen LogP contribution in [0.2, 0.25) is 0 Å². The van der Waals surface area contributed by atoms with Crippen molar-refractivity contribution in [2.45, 2.75) is 26.3 Å². The molecule has 1 N–H and O–H groups in total. The van der Waals surface area contributed by atoms with Crippen molar-refractivity contribution in [2.24, 2.45) is 0 Å². The van der Waals surface area contributed by atoms with Gasteiger partial charge in [0.1, 0.15) is 6.61 Å². The summed E-state index contributed by atoms with van der Waals surface area (Å²) in [6.45, 7) is 5.31. The zero-order valence-corrected chi connectivity index (χ0v) is 21.7. The normalized spacial score (nSPS) is 14.7. The zero-order valence-electron chi connectivity index (χ0n) is 20.9. The lowest BCUT2D eigenvalue weighted by atomic mass is 9.92. The Morgan fingerprint density at radius 1 is 0.914 bits per heavy atom. The number of anilines is 1. The fourth-order valence-electron chi connectivity index (χ4n) is 4.50. The van der Waals surface area contributed by atoms with Gasteiger partial charge in [0.2, 0.25) is 0 Å². The molecular weight excluding hydrogens is 460 g/mol. The lowest BCUT2D eigenvalue weighted by molar-refractivity contribution is 0.185.